The molecule has 2 N–H and O–H groups in total. The van der Waals surface area contributed by atoms with Gasteiger partial charge in [0, 0.05) is 18.5 Å². The van der Waals surface area contributed by atoms with E-state index in [0.717, 1.165) is 25.9 Å². The Hall–Kier alpha value is -1.09. The van der Waals surface area contributed by atoms with Crippen molar-refractivity contribution in [2.24, 2.45) is 0 Å². The first kappa shape index (κ1) is 19.0. The number of hydrogen-bond acceptors (Lipinski definition) is 6. The highest BCUT2D eigenvalue weighted by Crippen LogP contribution is 2.23. The number of ether oxygens (including phenoxy) is 1. The Labute approximate surface area is 136 Å². The number of aryl methyl sites for hydroxylation is 1. The Morgan fingerprint density at radius 1 is 1.45 bits per heavy atom. The highest BCUT2D eigenvalue weighted by Gasteiger charge is 2.28. The van der Waals surface area contributed by atoms with Crippen molar-refractivity contribution >= 4 is 28.4 Å². The summed E-state index contributed by atoms with van der Waals surface area (Å²) in [6, 6.07) is 1.13. The molecule has 0 aromatic carbocycles. The Kier molecular flexibility index (Phi) is 6.86. The molecule has 1 aromatic heterocycles. The minimum atomic E-state index is -3.70. The number of furan rings is 1. The van der Waals surface area contributed by atoms with E-state index in [0.29, 0.717) is 6.42 Å². The molecular formula is C13H21ClN2O5S. The van der Waals surface area contributed by atoms with E-state index in [1.54, 1.807) is 6.92 Å². The minimum Gasteiger partial charge on any atom is -0.463 e. The van der Waals surface area contributed by atoms with Gasteiger partial charge >= 0.3 is 5.97 Å². The van der Waals surface area contributed by atoms with Crippen LogP contribution in [-0.4, -0.2) is 40.6 Å². The average molecular weight is 353 g/mol. The summed E-state index contributed by atoms with van der Waals surface area (Å²) in [5.74, 6) is -0.523. The quantitative estimate of drug-likeness (QED) is 0.769. The molecule has 22 heavy (non-hydrogen) atoms. The van der Waals surface area contributed by atoms with Crippen molar-refractivity contribution < 1.29 is 22.4 Å². The number of nitrogens with one attached hydrogen (secondary N) is 2. The van der Waals surface area contributed by atoms with Gasteiger partial charge in [-0.2, -0.15) is 0 Å². The number of hydrogen-bond donors (Lipinski definition) is 2. The SMILES string of the molecule is CCc1oc(C(=O)OC)cc1S(=O)(=O)NC1CCNCC1.Cl. The van der Waals surface area contributed by atoms with Crippen LogP contribution in [0.2, 0.25) is 0 Å². The predicted molar refractivity (Wildman–Crippen MR) is 82.9 cm³/mol. The molecule has 0 radical (unpaired) electrons. The Bertz CT molecular complexity index is 608. The lowest BCUT2D eigenvalue weighted by atomic mass is 10.1. The maximum Gasteiger partial charge on any atom is 0.373 e. The molecule has 0 saturated carbocycles. The Morgan fingerprint density at radius 3 is 2.64 bits per heavy atom. The summed E-state index contributed by atoms with van der Waals surface area (Å²) >= 11 is 0. The molecule has 2 rings (SSSR count). The lowest BCUT2D eigenvalue weighted by molar-refractivity contribution is 0.0563. The van der Waals surface area contributed by atoms with E-state index in [2.05, 4.69) is 14.8 Å². The molecule has 0 bridgehead atoms. The van der Waals surface area contributed by atoms with Crippen LogP contribution < -0.4 is 10.0 Å². The van der Waals surface area contributed by atoms with Gasteiger partial charge in [-0.1, -0.05) is 6.92 Å². The van der Waals surface area contributed by atoms with Crippen molar-refractivity contribution in [2.45, 2.75) is 37.1 Å². The number of methoxy groups -OCH3 is 1. The zero-order chi connectivity index (χ0) is 15.5. The Morgan fingerprint density at radius 2 is 2.09 bits per heavy atom. The number of rotatable bonds is 5. The van der Waals surface area contributed by atoms with Gasteiger partial charge in [0.15, 0.2) is 0 Å². The van der Waals surface area contributed by atoms with Gasteiger partial charge in [-0.15, -0.1) is 12.4 Å². The molecular weight excluding hydrogens is 332 g/mol. The number of esters is 1. The lowest BCUT2D eigenvalue weighted by Gasteiger charge is -2.23. The fourth-order valence-corrected chi connectivity index (χ4v) is 3.86. The van der Waals surface area contributed by atoms with E-state index in [1.165, 1.54) is 13.2 Å². The highest BCUT2D eigenvalue weighted by atomic mass is 35.5. The normalized spacial score (nSPS) is 16.1. The fourth-order valence-electron chi connectivity index (χ4n) is 2.31. The van der Waals surface area contributed by atoms with E-state index in [-0.39, 0.29) is 34.9 Å². The van der Waals surface area contributed by atoms with E-state index in [1.807, 2.05) is 0 Å². The molecule has 1 aliphatic heterocycles. The van der Waals surface area contributed by atoms with Crippen LogP contribution in [-0.2, 0) is 21.2 Å². The highest BCUT2D eigenvalue weighted by molar-refractivity contribution is 7.89. The molecule has 0 unspecified atom stereocenters. The summed E-state index contributed by atoms with van der Waals surface area (Å²) < 4.78 is 37.4. The second-order valence-corrected chi connectivity index (χ2v) is 6.57. The van der Waals surface area contributed by atoms with Crippen LogP contribution in [0.15, 0.2) is 15.4 Å². The van der Waals surface area contributed by atoms with E-state index in [9.17, 15) is 13.2 Å². The number of halogens is 1. The van der Waals surface area contributed by atoms with Crippen LogP contribution in [0.4, 0.5) is 0 Å². The van der Waals surface area contributed by atoms with Crippen LogP contribution in [0.25, 0.3) is 0 Å². The molecule has 9 heteroatoms. The standard InChI is InChI=1S/C13H20N2O5S.ClH/c1-3-10-12(8-11(20-10)13(16)19-2)21(17,18)15-9-4-6-14-7-5-9;/h8-9,14-15H,3-7H2,1-2H3;1H. The molecule has 0 aliphatic carbocycles. The van der Waals surface area contributed by atoms with Gasteiger partial charge in [0.1, 0.15) is 10.7 Å². The van der Waals surface area contributed by atoms with Crippen LogP contribution in [0, 0.1) is 0 Å². The molecule has 1 saturated heterocycles. The predicted octanol–water partition coefficient (Wildman–Crippen LogP) is 1.08. The molecule has 1 aliphatic rings. The summed E-state index contributed by atoms with van der Waals surface area (Å²) in [6.07, 6.45) is 1.85. The molecule has 7 nitrogen and oxygen atoms in total. The van der Waals surface area contributed by atoms with E-state index in [4.69, 9.17) is 4.42 Å². The monoisotopic (exact) mass is 352 g/mol. The first-order valence-electron chi connectivity index (χ1n) is 6.92. The van der Waals surface area contributed by atoms with Crippen LogP contribution in [0.3, 0.4) is 0 Å². The first-order chi connectivity index (χ1) is 9.97. The van der Waals surface area contributed by atoms with Gasteiger partial charge in [0.05, 0.1) is 7.11 Å². The van der Waals surface area contributed by atoms with Crippen molar-refractivity contribution in [3.05, 3.63) is 17.6 Å². The van der Waals surface area contributed by atoms with E-state index >= 15 is 0 Å². The van der Waals surface area contributed by atoms with Crippen molar-refractivity contribution in [3.63, 3.8) is 0 Å². The second kappa shape index (κ2) is 7.96. The maximum atomic E-state index is 12.5. The van der Waals surface area contributed by atoms with Gasteiger partial charge in [-0.25, -0.2) is 17.9 Å². The summed E-state index contributed by atoms with van der Waals surface area (Å²) in [4.78, 5) is 11.5. The van der Waals surface area contributed by atoms with Gasteiger partial charge in [0.25, 0.3) is 0 Å². The third-order valence-corrected chi connectivity index (χ3v) is 5.00. The number of sulfonamides is 1. The minimum absolute atomic E-state index is 0. The Balaban J connectivity index is 0.00000242. The van der Waals surface area contributed by atoms with Crippen LogP contribution >= 0.6 is 12.4 Å². The van der Waals surface area contributed by atoms with Crippen molar-refractivity contribution in [1.82, 2.24) is 10.0 Å². The molecule has 0 amide bonds. The fraction of sp³-hybridized carbons (Fsp3) is 0.615. The molecule has 0 atom stereocenters. The van der Waals surface area contributed by atoms with Crippen LogP contribution in [0.1, 0.15) is 36.1 Å². The third-order valence-electron chi connectivity index (χ3n) is 3.43. The zero-order valence-corrected chi connectivity index (χ0v) is 14.2. The molecule has 126 valence electrons. The lowest BCUT2D eigenvalue weighted by Crippen LogP contribution is -2.42. The van der Waals surface area contributed by atoms with Crippen LogP contribution in [0.5, 0.6) is 0 Å². The molecule has 0 spiro atoms. The molecule has 2 heterocycles. The van der Waals surface area contributed by atoms with Gasteiger partial charge in [-0.05, 0) is 25.9 Å². The zero-order valence-electron chi connectivity index (χ0n) is 12.5. The second-order valence-electron chi connectivity index (χ2n) is 4.89. The first-order valence-corrected chi connectivity index (χ1v) is 8.40. The maximum absolute atomic E-state index is 12.5. The topological polar surface area (TPSA) is 97.6 Å². The number of carbonyl (C=O) groups excluding carboxylic acids is 1. The molecule has 1 fully saturated rings. The van der Waals surface area contributed by atoms with Gasteiger partial charge in [0.2, 0.25) is 15.8 Å². The third kappa shape index (κ3) is 4.22. The van der Waals surface area contributed by atoms with Crippen molar-refractivity contribution in [1.29, 1.82) is 0 Å². The van der Waals surface area contributed by atoms with Crippen molar-refractivity contribution in [2.75, 3.05) is 20.2 Å². The summed E-state index contributed by atoms with van der Waals surface area (Å²) in [5, 5.41) is 3.17. The average Bonchev–Trinajstić information content (AvgIpc) is 2.92. The summed E-state index contributed by atoms with van der Waals surface area (Å²) in [5.41, 5.74) is 0. The van der Waals surface area contributed by atoms with Gasteiger partial charge in [-0.3, -0.25) is 0 Å². The molecule has 1 aromatic rings. The van der Waals surface area contributed by atoms with Gasteiger partial charge < -0.3 is 14.5 Å². The van der Waals surface area contributed by atoms with Crippen molar-refractivity contribution in [3.8, 4) is 0 Å². The summed E-state index contributed by atoms with van der Waals surface area (Å²) in [6.45, 7) is 3.34. The summed E-state index contributed by atoms with van der Waals surface area (Å²) in [7, 11) is -2.48. The largest absolute Gasteiger partial charge is 0.463 e. The number of carbonyl (C=O) groups is 1. The number of piperidine rings is 1. The van der Waals surface area contributed by atoms with E-state index < -0.39 is 16.0 Å². The smallest absolute Gasteiger partial charge is 0.373 e.